The Bertz CT molecular complexity index is 131. The zero-order chi connectivity index (χ0) is 5.98. The predicted octanol–water partition coefficient (Wildman–Crippen LogP) is -0.366. The van der Waals surface area contributed by atoms with Crippen molar-refractivity contribution in [1.82, 2.24) is 5.01 Å². The minimum atomic E-state index is -0.505. The number of rotatable bonds is 0. The Morgan fingerprint density at radius 3 is 2.88 bits per heavy atom. The second kappa shape index (κ2) is 1.81. The highest BCUT2D eigenvalue weighted by molar-refractivity contribution is 5.75. The highest BCUT2D eigenvalue weighted by Gasteiger charge is 2.09. The normalized spacial score (nSPS) is 17.2. The Hall–Kier alpha value is -1.06. The molecule has 1 heterocycles. The lowest BCUT2D eigenvalue weighted by molar-refractivity contribution is 0.215. The SMILES string of the molecule is NC(=O)N1CC[C]=N1. The lowest BCUT2D eigenvalue weighted by Gasteiger charge is -2.04. The van der Waals surface area contributed by atoms with Crippen molar-refractivity contribution < 1.29 is 4.79 Å². The van der Waals surface area contributed by atoms with Gasteiger partial charge < -0.3 is 5.73 Å². The fourth-order valence-corrected chi connectivity index (χ4v) is 0.501. The number of carbonyl (C=O) groups excluding carboxylic acids is 1. The third-order valence-corrected chi connectivity index (χ3v) is 0.881. The fourth-order valence-electron chi connectivity index (χ4n) is 0.501. The molecular formula is C4H6N3O. The number of hydrogen-bond acceptors (Lipinski definition) is 2. The maximum atomic E-state index is 10.2. The molecule has 0 aromatic carbocycles. The Kier molecular flexibility index (Phi) is 1.15. The van der Waals surface area contributed by atoms with E-state index < -0.39 is 6.03 Å². The molecule has 43 valence electrons. The molecule has 0 fully saturated rings. The topological polar surface area (TPSA) is 58.7 Å². The van der Waals surface area contributed by atoms with Crippen LogP contribution in [-0.4, -0.2) is 23.8 Å². The van der Waals surface area contributed by atoms with Crippen LogP contribution in [-0.2, 0) is 0 Å². The van der Waals surface area contributed by atoms with Crippen molar-refractivity contribution in [2.75, 3.05) is 6.54 Å². The number of amides is 2. The van der Waals surface area contributed by atoms with Gasteiger partial charge in [0.05, 0.1) is 12.8 Å². The number of nitrogens with two attached hydrogens (primary N) is 1. The first-order valence-electron chi connectivity index (χ1n) is 2.31. The average molecular weight is 112 g/mol. The molecule has 0 spiro atoms. The molecular weight excluding hydrogens is 106 g/mol. The molecule has 0 atom stereocenters. The van der Waals surface area contributed by atoms with Gasteiger partial charge in [-0.2, -0.15) is 5.10 Å². The van der Waals surface area contributed by atoms with E-state index >= 15 is 0 Å². The number of urea groups is 1. The summed E-state index contributed by atoms with van der Waals surface area (Å²) < 4.78 is 0. The number of nitrogens with zero attached hydrogens (tertiary/aromatic N) is 2. The van der Waals surface area contributed by atoms with Crippen LogP contribution in [0.2, 0.25) is 0 Å². The molecule has 0 bridgehead atoms. The molecule has 4 heteroatoms. The van der Waals surface area contributed by atoms with E-state index in [1.54, 1.807) is 0 Å². The van der Waals surface area contributed by atoms with E-state index in [2.05, 4.69) is 11.3 Å². The quantitative estimate of drug-likeness (QED) is 0.456. The van der Waals surface area contributed by atoms with Gasteiger partial charge in [-0.05, 0) is 0 Å². The standard InChI is InChI=1S/C4H6N3O/c5-4(8)7-3-1-2-6-7/h1,3H2,(H2,5,8). The van der Waals surface area contributed by atoms with Crippen molar-refractivity contribution >= 4 is 12.2 Å². The maximum absolute atomic E-state index is 10.2. The van der Waals surface area contributed by atoms with E-state index in [9.17, 15) is 4.79 Å². The van der Waals surface area contributed by atoms with Gasteiger partial charge in [-0.15, -0.1) is 0 Å². The monoisotopic (exact) mass is 112 g/mol. The van der Waals surface area contributed by atoms with E-state index in [4.69, 9.17) is 5.73 Å². The lowest BCUT2D eigenvalue weighted by atomic mass is 10.5. The first-order valence-corrected chi connectivity index (χ1v) is 2.31. The Labute approximate surface area is 47.0 Å². The summed E-state index contributed by atoms with van der Waals surface area (Å²) in [5.74, 6) is 0. The summed E-state index contributed by atoms with van der Waals surface area (Å²) in [6.07, 6.45) is 3.30. The van der Waals surface area contributed by atoms with Gasteiger partial charge in [0, 0.05) is 6.42 Å². The number of hydrogen-bond donors (Lipinski definition) is 1. The van der Waals surface area contributed by atoms with Crippen LogP contribution in [0.15, 0.2) is 5.10 Å². The van der Waals surface area contributed by atoms with Crippen molar-refractivity contribution in [1.29, 1.82) is 0 Å². The second-order valence-corrected chi connectivity index (χ2v) is 1.47. The molecule has 0 aliphatic carbocycles. The summed E-state index contributed by atoms with van der Waals surface area (Å²) in [7, 11) is 0. The zero-order valence-corrected chi connectivity index (χ0v) is 4.29. The minimum absolute atomic E-state index is 0.505. The summed E-state index contributed by atoms with van der Waals surface area (Å²) in [6, 6.07) is -0.505. The molecule has 0 saturated heterocycles. The smallest absolute Gasteiger partial charge is 0.335 e. The van der Waals surface area contributed by atoms with E-state index in [1.807, 2.05) is 0 Å². The molecule has 1 radical (unpaired) electrons. The minimum Gasteiger partial charge on any atom is -0.350 e. The van der Waals surface area contributed by atoms with Crippen LogP contribution in [0.25, 0.3) is 0 Å². The molecule has 8 heavy (non-hydrogen) atoms. The van der Waals surface area contributed by atoms with Gasteiger partial charge in [0.25, 0.3) is 0 Å². The summed E-state index contributed by atoms with van der Waals surface area (Å²) in [6.45, 7) is 0.579. The first kappa shape index (κ1) is 5.08. The van der Waals surface area contributed by atoms with Gasteiger partial charge in [-0.1, -0.05) is 0 Å². The van der Waals surface area contributed by atoms with Gasteiger partial charge in [0.2, 0.25) is 0 Å². The van der Waals surface area contributed by atoms with Gasteiger partial charge in [0.15, 0.2) is 0 Å². The molecule has 4 nitrogen and oxygen atoms in total. The molecule has 0 aromatic heterocycles. The Morgan fingerprint density at radius 2 is 2.62 bits per heavy atom. The fraction of sp³-hybridized carbons (Fsp3) is 0.500. The summed E-state index contributed by atoms with van der Waals surface area (Å²) in [5, 5.41) is 4.72. The third-order valence-electron chi connectivity index (χ3n) is 0.881. The van der Waals surface area contributed by atoms with Gasteiger partial charge in [-0.3, -0.25) is 0 Å². The van der Waals surface area contributed by atoms with Crippen molar-refractivity contribution in [2.45, 2.75) is 6.42 Å². The van der Waals surface area contributed by atoms with Crippen LogP contribution in [0.3, 0.4) is 0 Å². The lowest BCUT2D eigenvalue weighted by Crippen LogP contribution is -2.29. The van der Waals surface area contributed by atoms with Crippen LogP contribution >= 0.6 is 0 Å². The molecule has 1 aliphatic rings. The molecule has 0 unspecified atom stereocenters. The maximum Gasteiger partial charge on any atom is 0.335 e. The van der Waals surface area contributed by atoms with Gasteiger partial charge in [0.1, 0.15) is 0 Å². The van der Waals surface area contributed by atoms with Gasteiger partial charge in [-0.25, -0.2) is 9.80 Å². The van der Waals surface area contributed by atoms with Crippen LogP contribution in [0.4, 0.5) is 4.79 Å². The Morgan fingerprint density at radius 1 is 1.88 bits per heavy atom. The third kappa shape index (κ3) is 0.776. The van der Waals surface area contributed by atoms with Crippen LogP contribution < -0.4 is 5.73 Å². The molecule has 1 rings (SSSR count). The van der Waals surface area contributed by atoms with E-state index in [0.717, 1.165) is 0 Å². The summed E-state index contributed by atoms with van der Waals surface area (Å²) in [5.41, 5.74) is 4.85. The van der Waals surface area contributed by atoms with Crippen molar-refractivity contribution in [3.05, 3.63) is 0 Å². The Balaban J connectivity index is 2.48. The van der Waals surface area contributed by atoms with Crippen LogP contribution in [0.5, 0.6) is 0 Å². The molecule has 0 saturated carbocycles. The first-order chi connectivity index (χ1) is 3.80. The summed E-state index contributed by atoms with van der Waals surface area (Å²) >= 11 is 0. The second-order valence-electron chi connectivity index (χ2n) is 1.47. The number of carbonyl (C=O) groups is 1. The average Bonchev–Trinajstić information content (AvgIpc) is 2.12. The molecule has 1 aliphatic heterocycles. The number of primary amides is 1. The van der Waals surface area contributed by atoms with Crippen molar-refractivity contribution in [3.8, 4) is 0 Å². The van der Waals surface area contributed by atoms with E-state index in [0.29, 0.717) is 13.0 Å². The van der Waals surface area contributed by atoms with Gasteiger partial charge >= 0.3 is 6.03 Å². The largest absolute Gasteiger partial charge is 0.350 e. The predicted molar refractivity (Wildman–Crippen MR) is 28.3 cm³/mol. The van der Waals surface area contributed by atoms with Crippen molar-refractivity contribution in [2.24, 2.45) is 10.8 Å². The highest BCUT2D eigenvalue weighted by Crippen LogP contribution is 1.96. The summed E-state index contributed by atoms with van der Waals surface area (Å²) in [4.78, 5) is 10.2. The van der Waals surface area contributed by atoms with Crippen LogP contribution in [0, 0.1) is 0 Å². The van der Waals surface area contributed by atoms with Crippen molar-refractivity contribution in [3.63, 3.8) is 0 Å². The van der Waals surface area contributed by atoms with Crippen LogP contribution in [0.1, 0.15) is 6.42 Å². The zero-order valence-electron chi connectivity index (χ0n) is 4.29. The highest BCUT2D eigenvalue weighted by atomic mass is 16.2. The van der Waals surface area contributed by atoms with E-state index in [-0.39, 0.29) is 0 Å². The number of hydrazone groups is 1. The molecule has 0 aromatic rings. The molecule has 2 amide bonds. The molecule has 2 N–H and O–H groups in total. The van der Waals surface area contributed by atoms with E-state index in [1.165, 1.54) is 5.01 Å².